The highest BCUT2D eigenvalue weighted by atomic mass is 35.5. The van der Waals surface area contributed by atoms with Crippen molar-refractivity contribution in [3.05, 3.63) is 46.5 Å². The number of hydrogen-bond donors (Lipinski definition) is 2. The van der Waals surface area contributed by atoms with Crippen molar-refractivity contribution < 1.29 is 24.1 Å². The summed E-state index contributed by atoms with van der Waals surface area (Å²) in [5.74, 6) is 0.810. The number of hydrazone groups is 1. The Bertz CT molecular complexity index is 838. The SMILES string of the molecule is CCOc1cc(Cl)cc(/C=N/NC(=O)c2ccc3c(c2)OCO3)c1O. The predicted molar refractivity (Wildman–Crippen MR) is 91.9 cm³/mol. The number of carbonyl (C=O) groups is 1. The van der Waals surface area contributed by atoms with E-state index >= 15 is 0 Å². The molecule has 0 spiro atoms. The largest absolute Gasteiger partial charge is 0.504 e. The number of halogens is 1. The molecule has 0 bridgehead atoms. The van der Waals surface area contributed by atoms with Crippen LogP contribution in [0.5, 0.6) is 23.0 Å². The van der Waals surface area contributed by atoms with Crippen LogP contribution < -0.4 is 19.6 Å². The maximum Gasteiger partial charge on any atom is 0.271 e. The molecule has 0 unspecified atom stereocenters. The minimum atomic E-state index is -0.430. The number of fused-ring (bicyclic) bond motifs is 1. The first-order chi connectivity index (χ1) is 12.1. The van der Waals surface area contributed by atoms with E-state index in [0.29, 0.717) is 34.3 Å². The minimum Gasteiger partial charge on any atom is -0.504 e. The van der Waals surface area contributed by atoms with E-state index in [1.165, 1.54) is 18.3 Å². The van der Waals surface area contributed by atoms with Gasteiger partial charge in [0, 0.05) is 22.2 Å². The van der Waals surface area contributed by atoms with Gasteiger partial charge in [-0.15, -0.1) is 0 Å². The third-order valence-electron chi connectivity index (χ3n) is 3.37. The zero-order valence-electron chi connectivity index (χ0n) is 13.3. The number of nitrogens with zero attached hydrogens (tertiary/aromatic N) is 1. The summed E-state index contributed by atoms with van der Waals surface area (Å²) in [6.45, 7) is 2.31. The Morgan fingerprint density at radius 2 is 2.16 bits per heavy atom. The maximum atomic E-state index is 12.1. The summed E-state index contributed by atoms with van der Waals surface area (Å²) >= 11 is 5.98. The summed E-state index contributed by atoms with van der Waals surface area (Å²) < 4.78 is 15.7. The van der Waals surface area contributed by atoms with Gasteiger partial charge in [0.25, 0.3) is 5.91 Å². The average Bonchev–Trinajstić information content (AvgIpc) is 3.06. The van der Waals surface area contributed by atoms with Crippen LogP contribution in [0.25, 0.3) is 0 Å². The Labute approximate surface area is 148 Å². The van der Waals surface area contributed by atoms with Crippen LogP contribution in [0.4, 0.5) is 0 Å². The lowest BCUT2D eigenvalue weighted by Crippen LogP contribution is -2.17. The monoisotopic (exact) mass is 362 g/mol. The fourth-order valence-corrected chi connectivity index (χ4v) is 2.44. The predicted octanol–water partition coefficient (Wildman–Crippen LogP) is 2.94. The van der Waals surface area contributed by atoms with E-state index in [1.807, 2.05) is 0 Å². The standard InChI is InChI=1S/C17H15ClN2O5/c1-2-23-15-7-12(18)5-11(16(15)21)8-19-20-17(22)10-3-4-13-14(6-10)25-9-24-13/h3-8,21H,2,9H2,1H3,(H,20,22)/b19-8+. The number of ether oxygens (including phenoxy) is 3. The number of amides is 1. The highest BCUT2D eigenvalue weighted by Crippen LogP contribution is 2.33. The molecule has 0 atom stereocenters. The fraction of sp³-hybridized carbons (Fsp3) is 0.176. The molecule has 25 heavy (non-hydrogen) atoms. The molecule has 0 aliphatic carbocycles. The Hall–Kier alpha value is -2.93. The van der Waals surface area contributed by atoms with Crippen molar-refractivity contribution in [3.8, 4) is 23.0 Å². The molecule has 7 nitrogen and oxygen atoms in total. The van der Waals surface area contributed by atoms with Gasteiger partial charge in [-0.05, 0) is 31.2 Å². The third-order valence-corrected chi connectivity index (χ3v) is 3.59. The lowest BCUT2D eigenvalue weighted by atomic mass is 10.2. The lowest BCUT2D eigenvalue weighted by Gasteiger charge is -2.08. The molecule has 0 saturated carbocycles. The molecule has 0 saturated heterocycles. The summed E-state index contributed by atoms with van der Waals surface area (Å²) in [6, 6.07) is 7.83. The van der Waals surface area contributed by atoms with Crippen molar-refractivity contribution >= 4 is 23.7 Å². The van der Waals surface area contributed by atoms with Crippen molar-refractivity contribution in [1.29, 1.82) is 0 Å². The van der Waals surface area contributed by atoms with Crippen molar-refractivity contribution in [2.24, 2.45) is 5.10 Å². The molecule has 1 heterocycles. The van der Waals surface area contributed by atoms with E-state index in [1.54, 1.807) is 25.1 Å². The molecule has 0 aromatic heterocycles. The van der Waals surface area contributed by atoms with E-state index in [2.05, 4.69) is 10.5 Å². The number of carbonyl (C=O) groups excluding carboxylic acids is 1. The third kappa shape index (κ3) is 3.77. The first-order valence-corrected chi connectivity index (χ1v) is 7.84. The van der Waals surface area contributed by atoms with Crippen LogP contribution in [-0.2, 0) is 0 Å². The molecular formula is C17H15ClN2O5. The average molecular weight is 363 g/mol. The van der Waals surface area contributed by atoms with Crippen LogP contribution in [0, 0.1) is 0 Å². The molecule has 2 aromatic carbocycles. The van der Waals surface area contributed by atoms with Gasteiger partial charge in [-0.2, -0.15) is 5.10 Å². The van der Waals surface area contributed by atoms with E-state index in [9.17, 15) is 9.90 Å². The smallest absolute Gasteiger partial charge is 0.271 e. The van der Waals surface area contributed by atoms with Gasteiger partial charge < -0.3 is 19.3 Å². The molecule has 0 fully saturated rings. The quantitative estimate of drug-likeness (QED) is 0.630. The van der Waals surface area contributed by atoms with Crippen molar-refractivity contribution in [2.45, 2.75) is 6.92 Å². The Kier molecular flexibility index (Phi) is 4.95. The summed E-state index contributed by atoms with van der Waals surface area (Å²) in [5.41, 5.74) is 3.06. The van der Waals surface area contributed by atoms with Crippen molar-refractivity contribution in [1.82, 2.24) is 5.43 Å². The zero-order valence-corrected chi connectivity index (χ0v) is 14.0. The minimum absolute atomic E-state index is 0.104. The van der Waals surface area contributed by atoms with Gasteiger partial charge in [-0.3, -0.25) is 4.79 Å². The fourth-order valence-electron chi connectivity index (χ4n) is 2.22. The van der Waals surface area contributed by atoms with Crippen LogP contribution in [-0.4, -0.2) is 30.6 Å². The van der Waals surface area contributed by atoms with E-state index in [4.69, 9.17) is 25.8 Å². The lowest BCUT2D eigenvalue weighted by molar-refractivity contribution is 0.0954. The topological polar surface area (TPSA) is 89.4 Å². The molecule has 8 heteroatoms. The first kappa shape index (κ1) is 16.9. The highest BCUT2D eigenvalue weighted by molar-refractivity contribution is 6.31. The normalized spacial score (nSPS) is 12.4. The second kappa shape index (κ2) is 7.31. The Morgan fingerprint density at radius 3 is 2.96 bits per heavy atom. The molecule has 3 rings (SSSR count). The number of benzene rings is 2. The zero-order chi connectivity index (χ0) is 17.8. The summed E-state index contributed by atoms with van der Waals surface area (Å²) in [4.78, 5) is 12.1. The van der Waals surface area contributed by atoms with Crippen LogP contribution in [0.15, 0.2) is 35.4 Å². The number of aromatic hydroxyl groups is 1. The highest BCUT2D eigenvalue weighted by Gasteiger charge is 2.16. The van der Waals surface area contributed by atoms with Gasteiger partial charge in [0.15, 0.2) is 23.0 Å². The second-order valence-corrected chi connectivity index (χ2v) is 5.48. The molecule has 130 valence electrons. The number of hydrogen-bond acceptors (Lipinski definition) is 6. The van der Waals surface area contributed by atoms with Gasteiger partial charge in [-0.1, -0.05) is 11.6 Å². The van der Waals surface area contributed by atoms with Gasteiger partial charge >= 0.3 is 0 Å². The van der Waals surface area contributed by atoms with Gasteiger partial charge in [0.05, 0.1) is 12.8 Å². The van der Waals surface area contributed by atoms with Crippen LogP contribution in [0.3, 0.4) is 0 Å². The molecule has 1 amide bonds. The maximum absolute atomic E-state index is 12.1. The summed E-state index contributed by atoms with van der Waals surface area (Å²) in [5, 5.41) is 14.3. The van der Waals surface area contributed by atoms with Crippen molar-refractivity contribution in [3.63, 3.8) is 0 Å². The van der Waals surface area contributed by atoms with Crippen LogP contribution in [0.1, 0.15) is 22.8 Å². The number of nitrogens with one attached hydrogen (secondary N) is 1. The number of rotatable bonds is 5. The molecule has 1 aliphatic heterocycles. The van der Waals surface area contributed by atoms with Gasteiger partial charge in [0.1, 0.15) is 0 Å². The summed E-state index contributed by atoms with van der Waals surface area (Å²) in [6.07, 6.45) is 1.29. The van der Waals surface area contributed by atoms with Gasteiger partial charge in [0.2, 0.25) is 6.79 Å². The Balaban J connectivity index is 1.72. The molecule has 1 aliphatic rings. The second-order valence-electron chi connectivity index (χ2n) is 5.04. The van der Waals surface area contributed by atoms with Crippen molar-refractivity contribution in [2.75, 3.05) is 13.4 Å². The van der Waals surface area contributed by atoms with E-state index < -0.39 is 5.91 Å². The molecule has 2 N–H and O–H groups in total. The van der Waals surface area contributed by atoms with Crippen LogP contribution in [0.2, 0.25) is 5.02 Å². The van der Waals surface area contributed by atoms with E-state index in [0.717, 1.165) is 0 Å². The van der Waals surface area contributed by atoms with Crippen LogP contribution >= 0.6 is 11.6 Å². The molecule has 2 aromatic rings. The van der Waals surface area contributed by atoms with Gasteiger partial charge in [-0.25, -0.2) is 5.43 Å². The molecule has 0 radical (unpaired) electrons. The number of phenols is 1. The molecular weight excluding hydrogens is 348 g/mol. The Morgan fingerprint density at radius 1 is 1.36 bits per heavy atom. The summed E-state index contributed by atoms with van der Waals surface area (Å²) in [7, 11) is 0. The van der Waals surface area contributed by atoms with E-state index in [-0.39, 0.29) is 18.3 Å². The first-order valence-electron chi connectivity index (χ1n) is 7.47. The number of phenolic OH excluding ortho intramolecular Hbond substituents is 1.